The molecule has 0 N–H and O–H groups in total. The minimum Gasteiger partial charge on any atom is -0.289 e. The molecule has 5 rings (SSSR count). The molecule has 0 spiro atoms. The Balaban J connectivity index is 1.90. The third kappa shape index (κ3) is 3.95. The minimum absolute atomic E-state index is 0.0905. The molecular weight excluding hydrogens is 412 g/mol. The van der Waals surface area contributed by atoms with E-state index in [4.69, 9.17) is 0 Å². The second kappa shape index (κ2) is 8.76. The van der Waals surface area contributed by atoms with E-state index in [0.29, 0.717) is 0 Å². The number of carbonyl (C=O) groups excluding carboxylic acids is 1. The van der Waals surface area contributed by atoms with Gasteiger partial charge in [0, 0.05) is 22.3 Å². The highest BCUT2D eigenvalue weighted by Gasteiger charge is 2.35. The van der Waals surface area contributed by atoms with Crippen LogP contribution in [0.25, 0.3) is 22.3 Å². The molecule has 0 unspecified atom stereocenters. The van der Waals surface area contributed by atoms with E-state index in [0.717, 1.165) is 66.8 Å². The van der Waals surface area contributed by atoms with Crippen LogP contribution in [0, 0.1) is 27.7 Å². The van der Waals surface area contributed by atoms with Crippen molar-refractivity contribution < 1.29 is 4.79 Å². The zero-order chi connectivity index (χ0) is 23.8. The van der Waals surface area contributed by atoms with E-state index in [1.807, 2.05) is 36.4 Å². The largest absolute Gasteiger partial charge is 0.289 e. The summed E-state index contributed by atoms with van der Waals surface area (Å²) in [5, 5.41) is 0. The molecule has 0 aromatic heterocycles. The molecule has 0 aliphatic heterocycles. The van der Waals surface area contributed by atoms with Gasteiger partial charge in [-0.2, -0.15) is 0 Å². The van der Waals surface area contributed by atoms with E-state index < -0.39 is 0 Å². The summed E-state index contributed by atoms with van der Waals surface area (Å²) in [7, 11) is 0. The lowest BCUT2D eigenvalue weighted by Crippen LogP contribution is -2.03. The van der Waals surface area contributed by atoms with Crippen molar-refractivity contribution in [1.29, 1.82) is 0 Å². The molecule has 1 heteroatoms. The molecule has 0 saturated carbocycles. The molecule has 1 aliphatic rings. The number of ketones is 1. The van der Waals surface area contributed by atoms with Gasteiger partial charge in [0.25, 0.3) is 0 Å². The summed E-state index contributed by atoms with van der Waals surface area (Å²) in [6.07, 6.45) is 0. The average Bonchev–Trinajstić information content (AvgIpc) is 3.12. The van der Waals surface area contributed by atoms with Crippen LogP contribution in [0.4, 0.5) is 0 Å². The Bertz CT molecular complexity index is 1310. The number of rotatable bonds is 4. The van der Waals surface area contributed by atoms with E-state index >= 15 is 0 Å². The molecule has 0 saturated heterocycles. The van der Waals surface area contributed by atoms with E-state index in [2.05, 4.69) is 88.4 Å². The lowest BCUT2D eigenvalue weighted by Gasteiger charge is -2.14. The molecule has 4 aromatic rings. The summed E-state index contributed by atoms with van der Waals surface area (Å²) in [4.78, 5) is 14.4. The van der Waals surface area contributed by atoms with Gasteiger partial charge in [0.1, 0.15) is 0 Å². The van der Waals surface area contributed by atoms with Gasteiger partial charge in [0.05, 0.1) is 0 Å². The van der Waals surface area contributed by atoms with Gasteiger partial charge >= 0.3 is 0 Å². The zero-order valence-corrected chi connectivity index (χ0v) is 20.1. The molecule has 0 bridgehead atoms. The van der Waals surface area contributed by atoms with Gasteiger partial charge < -0.3 is 0 Å². The molecule has 0 fully saturated rings. The predicted molar refractivity (Wildman–Crippen MR) is 143 cm³/mol. The van der Waals surface area contributed by atoms with Crippen LogP contribution < -0.4 is 0 Å². The van der Waals surface area contributed by atoms with Crippen molar-refractivity contribution in [2.24, 2.45) is 0 Å². The number of Topliss-reactive ketones (excluding diaryl/α,β-unsaturated/α-hetero) is 1. The first-order valence-corrected chi connectivity index (χ1v) is 11.7. The number of benzene rings is 4. The maximum absolute atomic E-state index is 14.4. The average molecular weight is 441 g/mol. The molecule has 0 atom stereocenters. The van der Waals surface area contributed by atoms with E-state index in [9.17, 15) is 4.79 Å². The van der Waals surface area contributed by atoms with Crippen molar-refractivity contribution in [3.63, 3.8) is 0 Å². The number of hydrogen-bond donors (Lipinski definition) is 0. The van der Waals surface area contributed by atoms with E-state index in [1.165, 1.54) is 0 Å². The molecule has 0 heterocycles. The van der Waals surface area contributed by atoms with Gasteiger partial charge in [0.2, 0.25) is 0 Å². The van der Waals surface area contributed by atoms with Gasteiger partial charge in [-0.1, -0.05) is 119 Å². The molecule has 34 heavy (non-hydrogen) atoms. The lowest BCUT2D eigenvalue weighted by molar-refractivity contribution is -0.108. The fourth-order valence-electron chi connectivity index (χ4n) is 5.18. The second-order valence-corrected chi connectivity index (χ2v) is 9.31. The van der Waals surface area contributed by atoms with Crippen molar-refractivity contribution in [1.82, 2.24) is 0 Å². The summed E-state index contributed by atoms with van der Waals surface area (Å²) in [5.74, 6) is 0.0905. The quantitative estimate of drug-likeness (QED) is 0.314. The molecular formula is C33H28O. The number of allylic oxidation sites excluding steroid dienone is 4. The molecule has 166 valence electrons. The summed E-state index contributed by atoms with van der Waals surface area (Å²) in [6.45, 7) is 8.37. The fraction of sp³-hybridized carbons (Fsp3) is 0.121. The van der Waals surface area contributed by atoms with Crippen molar-refractivity contribution >= 4 is 28.1 Å². The van der Waals surface area contributed by atoms with Crippen molar-refractivity contribution in [3.8, 4) is 0 Å². The SMILES string of the molecule is Cc1cc(C)cc(C2=C(c3ccccc3)C(c3ccccc3)=C(c3cc(C)cc(C)c3)C2=O)c1. The van der Waals surface area contributed by atoms with Crippen LogP contribution in [0.2, 0.25) is 0 Å². The van der Waals surface area contributed by atoms with E-state index in [1.54, 1.807) is 0 Å². The van der Waals surface area contributed by atoms with Crippen molar-refractivity contribution in [3.05, 3.63) is 142 Å². The van der Waals surface area contributed by atoms with Crippen molar-refractivity contribution in [2.45, 2.75) is 27.7 Å². The third-order valence-electron chi connectivity index (χ3n) is 6.35. The van der Waals surface area contributed by atoms with Crippen LogP contribution in [-0.2, 0) is 4.79 Å². The molecule has 0 amide bonds. The summed E-state index contributed by atoms with van der Waals surface area (Å²) < 4.78 is 0. The number of aryl methyl sites for hydroxylation is 4. The third-order valence-corrected chi connectivity index (χ3v) is 6.35. The monoisotopic (exact) mass is 440 g/mol. The van der Waals surface area contributed by atoms with Crippen LogP contribution in [0.3, 0.4) is 0 Å². The molecule has 1 nitrogen and oxygen atoms in total. The minimum atomic E-state index is 0.0905. The van der Waals surface area contributed by atoms with Crippen LogP contribution in [0.15, 0.2) is 97.1 Å². The van der Waals surface area contributed by atoms with Crippen LogP contribution in [0.1, 0.15) is 44.5 Å². The van der Waals surface area contributed by atoms with E-state index in [-0.39, 0.29) is 5.78 Å². The van der Waals surface area contributed by atoms with Crippen LogP contribution in [0.5, 0.6) is 0 Å². The fourth-order valence-corrected chi connectivity index (χ4v) is 5.18. The lowest BCUT2D eigenvalue weighted by atomic mass is 9.88. The Labute approximate surface area is 202 Å². The van der Waals surface area contributed by atoms with Gasteiger partial charge in [-0.25, -0.2) is 0 Å². The highest BCUT2D eigenvalue weighted by molar-refractivity contribution is 6.59. The maximum Gasteiger partial charge on any atom is 0.195 e. The predicted octanol–water partition coefficient (Wildman–Crippen LogP) is 8.02. The highest BCUT2D eigenvalue weighted by atomic mass is 16.1. The normalized spacial score (nSPS) is 13.7. The summed E-state index contributed by atoms with van der Waals surface area (Å²) >= 11 is 0. The topological polar surface area (TPSA) is 17.1 Å². The second-order valence-electron chi connectivity index (χ2n) is 9.31. The van der Waals surface area contributed by atoms with Crippen molar-refractivity contribution in [2.75, 3.05) is 0 Å². The Morgan fingerprint density at radius 3 is 1.03 bits per heavy atom. The Kier molecular flexibility index (Phi) is 5.63. The van der Waals surface area contributed by atoms with Gasteiger partial charge in [-0.15, -0.1) is 0 Å². The maximum atomic E-state index is 14.4. The zero-order valence-electron chi connectivity index (χ0n) is 20.1. The summed E-state index contributed by atoms with van der Waals surface area (Å²) in [6, 6.07) is 33.5. The first-order valence-electron chi connectivity index (χ1n) is 11.7. The van der Waals surface area contributed by atoms with Crippen LogP contribution in [-0.4, -0.2) is 5.78 Å². The Hall–Kier alpha value is -3.97. The standard InChI is InChI=1S/C33H28O/c1-21-15-22(2)18-27(17-21)31-29(25-11-7-5-8-12-25)30(26-13-9-6-10-14-26)32(33(31)34)28-19-23(3)16-24(4)20-28/h5-20H,1-4H3. The first-order chi connectivity index (χ1) is 16.4. The number of carbonyl (C=O) groups is 1. The Morgan fingerprint density at radius 1 is 0.382 bits per heavy atom. The molecule has 0 radical (unpaired) electrons. The van der Waals surface area contributed by atoms with Gasteiger partial charge in [-0.05, 0) is 49.9 Å². The molecule has 4 aromatic carbocycles. The number of hydrogen-bond acceptors (Lipinski definition) is 1. The van der Waals surface area contributed by atoms with Crippen LogP contribution >= 0.6 is 0 Å². The smallest absolute Gasteiger partial charge is 0.195 e. The summed E-state index contributed by atoms with van der Waals surface area (Å²) in [5.41, 5.74) is 12.3. The first kappa shape index (κ1) is 21.9. The van der Waals surface area contributed by atoms with Gasteiger partial charge in [-0.3, -0.25) is 4.79 Å². The molecule has 1 aliphatic carbocycles. The Morgan fingerprint density at radius 2 is 0.706 bits per heavy atom. The highest BCUT2D eigenvalue weighted by Crippen LogP contribution is 2.49. The van der Waals surface area contributed by atoms with Gasteiger partial charge in [0.15, 0.2) is 5.78 Å².